The van der Waals surface area contributed by atoms with Crippen molar-refractivity contribution in [1.82, 2.24) is 0 Å². The Kier molecular flexibility index (Phi) is 12.2. The fourth-order valence-corrected chi connectivity index (χ4v) is 10.6. The first-order chi connectivity index (χ1) is 30.6. The first-order valence-corrected chi connectivity index (χ1v) is 24.5. The molecule has 0 aromatic heterocycles. The second-order valence-electron chi connectivity index (χ2n) is 23.1. The zero-order chi connectivity index (χ0) is 46.8. The van der Waals surface area contributed by atoms with Crippen molar-refractivity contribution in [3.63, 3.8) is 0 Å². The van der Waals surface area contributed by atoms with Crippen molar-refractivity contribution in [3.8, 4) is 0 Å². The van der Waals surface area contributed by atoms with Crippen molar-refractivity contribution >= 4 is 50.0 Å². The lowest BCUT2D eigenvalue weighted by Gasteiger charge is -2.45. The topological polar surface area (TPSA) is 6.48 Å². The molecule has 0 aliphatic heterocycles. The Bertz CT molecular complexity index is 2810. The van der Waals surface area contributed by atoms with Crippen molar-refractivity contribution in [1.29, 1.82) is 0 Å². The number of anilines is 5. The molecule has 2 heteroatoms. The predicted molar refractivity (Wildman–Crippen MR) is 285 cm³/mol. The lowest BCUT2D eigenvalue weighted by molar-refractivity contribution is 0.332. The average molecular weight is 861 g/mol. The van der Waals surface area contributed by atoms with Gasteiger partial charge in [0.25, 0.3) is 0 Å². The maximum Gasteiger partial charge on any atom is 0.0580 e. The lowest BCUT2D eigenvalue weighted by atomic mass is 9.61. The van der Waals surface area contributed by atoms with Gasteiger partial charge in [-0.05, 0) is 183 Å². The van der Waals surface area contributed by atoms with E-state index < -0.39 is 0 Å². The zero-order valence-electron chi connectivity index (χ0n) is 42.5. The standard InChI is InChI=1S/C46H55N.C17H21N/c1-29(2)31-14-18-36(19-15-31)47(35-16-12-30(3)13-17-35)42-37-25-33-27-39-38(43(4,5)20-21-44(39,6)7)26-32(33)24-34(37)28-40-41(42)46(10,11)23-22-45(40,8)9;1-13(2)15-7-11-17(12-8-15)18(4)16-9-5-14(3)6-10-16/h12-19,24-29H,20-23H2,1-11H3;5-13H,1-4H3. The van der Waals surface area contributed by atoms with Crippen LogP contribution in [0.25, 0.3) is 21.5 Å². The highest BCUT2D eigenvalue weighted by atomic mass is 15.1. The summed E-state index contributed by atoms with van der Waals surface area (Å²) in [5.41, 5.74) is 18.1. The molecule has 2 nitrogen and oxygen atoms in total. The number of hydrogen-bond donors (Lipinski definition) is 0. The van der Waals surface area contributed by atoms with Crippen LogP contribution in [0.1, 0.15) is 165 Å². The summed E-state index contributed by atoms with van der Waals surface area (Å²) in [4.78, 5) is 4.80. The van der Waals surface area contributed by atoms with Crippen LogP contribution in [0.5, 0.6) is 0 Å². The summed E-state index contributed by atoms with van der Waals surface area (Å²) in [6.45, 7) is 33.0. The van der Waals surface area contributed by atoms with Crippen LogP contribution < -0.4 is 9.80 Å². The van der Waals surface area contributed by atoms with Gasteiger partial charge in [-0.1, -0.05) is 161 Å². The molecule has 338 valence electrons. The van der Waals surface area contributed by atoms with Crippen molar-refractivity contribution in [2.45, 2.75) is 156 Å². The van der Waals surface area contributed by atoms with Crippen LogP contribution >= 0.6 is 0 Å². The highest BCUT2D eigenvalue weighted by Crippen LogP contribution is 2.55. The van der Waals surface area contributed by atoms with Gasteiger partial charge in [-0.25, -0.2) is 0 Å². The number of benzene rings is 7. The van der Waals surface area contributed by atoms with Crippen LogP contribution in [-0.2, 0) is 21.7 Å². The normalized spacial score (nSPS) is 16.8. The minimum absolute atomic E-state index is 0.0338. The number of aryl methyl sites for hydroxylation is 2. The predicted octanol–water partition coefficient (Wildman–Crippen LogP) is 18.5. The van der Waals surface area contributed by atoms with E-state index in [-0.39, 0.29) is 21.7 Å². The number of fused-ring (bicyclic) bond motifs is 4. The Balaban J connectivity index is 0.000000268. The molecule has 0 heterocycles. The van der Waals surface area contributed by atoms with Gasteiger partial charge in [0.15, 0.2) is 0 Å². The molecule has 65 heavy (non-hydrogen) atoms. The van der Waals surface area contributed by atoms with Crippen LogP contribution in [-0.4, -0.2) is 7.05 Å². The number of nitrogens with zero attached hydrogens (tertiary/aromatic N) is 2. The van der Waals surface area contributed by atoms with E-state index in [9.17, 15) is 0 Å². The van der Waals surface area contributed by atoms with Crippen LogP contribution in [0.15, 0.2) is 127 Å². The van der Waals surface area contributed by atoms with Crippen LogP contribution in [0, 0.1) is 13.8 Å². The van der Waals surface area contributed by atoms with E-state index in [1.54, 1.807) is 0 Å². The molecule has 7 aromatic carbocycles. The van der Waals surface area contributed by atoms with Gasteiger partial charge < -0.3 is 9.80 Å². The van der Waals surface area contributed by atoms with E-state index in [4.69, 9.17) is 0 Å². The molecule has 0 N–H and O–H groups in total. The summed E-state index contributed by atoms with van der Waals surface area (Å²) in [6.07, 6.45) is 4.82. The van der Waals surface area contributed by atoms with E-state index in [2.05, 4.69) is 241 Å². The smallest absolute Gasteiger partial charge is 0.0580 e. The molecule has 0 amide bonds. The largest absolute Gasteiger partial charge is 0.345 e. The Morgan fingerprint density at radius 3 is 1.20 bits per heavy atom. The van der Waals surface area contributed by atoms with Gasteiger partial charge in [-0.3, -0.25) is 0 Å². The van der Waals surface area contributed by atoms with E-state index in [0.717, 1.165) is 0 Å². The molecule has 0 atom stereocenters. The second kappa shape index (κ2) is 17.1. The molecule has 2 aliphatic carbocycles. The van der Waals surface area contributed by atoms with E-state index >= 15 is 0 Å². The SMILES string of the molecule is Cc1ccc(N(C)c2ccc(C(C)C)cc2)cc1.Cc1ccc(N(c2ccc(C(C)C)cc2)c2c3c(cc4cc5cc6c(cc5cc24)C(C)(C)CCC6(C)C)C(C)(C)CCC3(C)C)cc1. The zero-order valence-corrected chi connectivity index (χ0v) is 42.5. The number of hydrogen-bond acceptors (Lipinski definition) is 2. The van der Waals surface area contributed by atoms with Crippen molar-refractivity contribution in [2.75, 3.05) is 16.8 Å². The fraction of sp³-hybridized carbons (Fsp3) is 0.397. The van der Waals surface area contributed by atoms with Gasteiger partial charge in [0.2, 0.25) is 0 Å². The molecular weight excluding hydrogens is 785 g/mol. The highest BCUT2D eigenvalue weighted by molar-refractivity contribution is 6.08. The maximum absolute atomic E-state index is 2.59. The van der Waals surface area contributed by atoms with E-state index in [1.165, 1.54) is 120 Å². The first kappa shape index (κ1) is 46.2. The minimum atomic E-state index is 0.0338. The first-order valence-electron chi connectivity index (χ1n) is 24.5. The molecule has 0 radical (unpaired) electrons. The molecule has 7 aromatic rings. The van der Waals surface area contributed by atoms with Crippen molar-refractivity contribution < 1.29 is 0 Å². The molecular formula is C63H76N2. The minimum Gasteiger partial charge on any atom is -0.345 e. The summed E-state index contributed by atoms with van der Waals surface area (Å²) in [5.74, 6) is 1.08. The summed E-state index contributed by atoms with van der Waals surface area (Å²) in [6, 6.07) is 48.7. The fourth-order valence-electron chi connectivity index (χ4n) is 10.6. The van der Waals surface area contributed by atoms with Gasteiger partial charge in [0, 0.05) is 35.2 Å². The quantitative estimate of drug-likeness (QED) is 0.147. The van der Waals surface area contributed by atoms with Gasteiger partial charge >= 0.3 is 0 Å². The highest BCUT2D eigenvalue weighted by Gasteiger charge is 2.42. The second-order valence-corrected chi connectivity index (χ2v) is 23.1. The summed E-state index contributed by atoms with van der Waals surface area (Å²) in [7, 11) is 2.11. The molecule has 0 saturated heterocycles. The summed E-state index contributed by atoms with van der Waals surface area (Å²) in [5, 5.41) is 5.42. The van der Waals surface area contributed by atoms with Gasteiger partial charge in [-0.15, -0.1) is 0 Å². The Hall–Kier alpha value is -5.34. The average Bonchev–Trinajstić information content (AvgIpc) is 3.27. The molecule has 2 aliphatic rings. The maximum atomic E-state index is 2.59. The van der Waals surface area contributed by atoms with E-state index in [1.807, 2.05) is 0 Å². The molecule has 0 bridgehead atoms. The third-order valence-electron chi connectivity index (χ3n) is 15.5. The van der Waals surface area contributed by atoms with Crippen LogP contribution in [0.3, 0.4) is 0 Å². The number of rotatable bonds is 7. The van der Waals surface area contributed by atoms with Crippen LogP contribution in [0.2, 0.25) is 0 Å². The van der Waals surface area contributed by atoms with E-state index in [0.29, 0.717) is 11.8 Å². The van der Waals surface area contributed by atoms with Crippen molar-refractivity contribution in [3.05, 3.63) is 172 Å². The van der Waals surface area contributed by atoms with Crippen molar-refractivity contribution in [2.24, 2.45) is 0 Å². The summed E-state index contributed by atoms with van der Waals surface area (Å²) >= 11 is 0. The summed E-state index contributed by atoms with van der Waals surface area (Å²) < 4.78 is 0. The van der Waals surface area contributed by atoms with Crippen LogP contribution in [0.4, 0.5) is 28.4 Å². The Labute approximate surface area is 393 Å². The van der Waals surface area contributed by atoms with Gasteiger partial charge in [-0.2, -0.15) is 0 Å². The Morgan fingerprint density at radius 2 is 0.754 bits per heavy atom. The molecule has 0 unspecified atom stereocenters. The molecule has 0 fully saturated rings. The van der Waals surface area contributed by atoms with Gasteiger partial charge in [0.05, 0.1) is 5.69 Å². The Morgan fingerprint density at radius 1 is 0.400 bits per heavy atom. The molecule has 0 saturated carbocycles. The third kappa shape index (κ3) is 9.00. The van der Waals surface area contributed by atoms with Gasteiger partial charge in [0.1, 0.15) is 0 Å². The monoisotopic (exact) mass is 861 g/mol. The third-order valence-corrected chi connectivity index (χ3v) is 15.5. The molecule has 0 spiro atoms. The lowest BCUT2D eigenvalue weighted by Crippen LogP contribution is -2.35. The molecule has 9 rings (SSSR count).